The molecule has 1 aliphatic rings. The predicted molar refractivity (Wildman–Crippen MR) is 48.0 cm³/mol. The summed E-state index contributed by atoms with van der Waals surface area (Å²) in [6, 6.07) is 6.96. The highest BCUT2D eigenvalue weighted by molar-refractivity contribution is 5.38. The highest BCUT2D eigenvalue weighted by Gasteiger charge is 2.26. The fraction of sp³-hybridized carbons (Fsp3) is 0.200. The lowest BCUT2D eigenvalue weighted by Gasteiger charge is -2.20. The Morgan fingerprint density at radius 1 is 1.27 bits per heavy atom. The number of rotatable bonds is 0. The zero-order valence-electron chi connectivity index (χ0n) is 7.64. The second-order valence-corrected chi connectivity index (χ2v) is 3.20. The quantitative estimate of drug-likeness (QED) is 0.718. The van der Waals surface area contributed by atoms with Gasteiger partial charge in [-0.3, -0.25) is 0 Å². The lowest BCUT2D eigenvalue weighted by molar-refractivity contribution is -0.0816. The van der Waals surface area contributed by atoms with Gasteiger partial charge < -0.3 is 4.84 Å². The molecule has 80 valence electrons. The van der Waals surface area contributed by atoms with Crippen LogP contribution in [0.4, 0.5) is 13.2 Å². The molecule has 1 aromatic carbocycles. The summed E-state index contributed by atoms with van der Waals surface area (Å²) in [5, 5.41) is 0. The van der Waals surface area contributed by atoms with E-state index in [1.165, 1.54) is 0 Å². The number of allylic oxidation sites excluding steroid dienone is 2. The minimum atomic E-state index is -4.32. The van der Waals surface area contributed by atoms with Crippen molar-refractivity contribution in [2.24, 2.45) is 0 Å². The number of alkyl halides is 3. The third-order valence-corrected chi connectivity index (χ3v) is 1.98. The standard InChI is InChI=1S/C10H8F3NO/c11-10(12,13)6-8-5-7-3-1-2-4-9(7)15-14-8/h1-4,6,14H,5H2. The molecule has 0 saturated heterocycles. The highest BCUT2D eigenvalue weighted by atomic mass is 19.4. The molecule has 15 heavy (non-hydrogen) atoms. The van der Waals surface area contributed by atoms with Crippen LogP contribution in [0, 0.1) is 0 Å². The summed E-state index contributed by atoms with van der Waals surface area (Å²) in [5.41, 5.74) is 3.03. The summed E-state index contributed by atoms with van der Waals surface area (Å²) in [5.74, 6) is 0.567. The van der Waals surface area contributed by atoms with Crippen LogP contribution < -0.4 is 10.3 Å². The average Bonchev–Trinajstić information content (AvgIpc) is 2.15. The van der Waals surface area contributed by atoms with Gasteiger partial charge in [-0.1, -0.05) is 18.2 Å². The van der Waals surface area contributed by atoms with Crippen LogP contribution in [0.5, 0.6) is 5.75 Å². The van der Waals surface area contributed by atoms with Crippen LogP contribution in [0.25, 0.3) is 0 Å². The lowest BCUT2D eigenvalue weighted by atomic mass is 10.1. The molecule has 0 bridgehead atoms. The van der Waals surface area contributed by atoms with Crippen LogP contribution in [0.1, 0.15) is 5.56 Å². The molecule has 1 heterocycles. The van der Waals surface area contributed by atoms with E-state index in [1.807, 2.05) is 0 Å². The SMILES string of the molecule is FC(F)(F)C=C1Cc2ccccc2ON1. The van der Waals surface area contributed by atoms with Gasteiger partial charge in [0.15, 0.2) is 5.75 Å². The van der Waals surface area contributed by atoms with Gasteiger partial charge in [0.2, 0.25) is 0 Å². The van der Waals surface area contributed by atoms with Gasteiger partial charge in [0.25, 0.3) is 0 Å². The summed E-state index contributed by atoms with van der Waals surface area (Å²) in [6.07, 6.45) is -3.91. The molecule has 0 saturated carbocycles. The van der Waals surface area contributed by atoms with E-state index < -0.39 is 6.18 Å². The monoisotopic (exact) mass is 215 g/mol. The molecule has 0 unspecified atom stereocenters. The number of halogens is 3. The number of hydroxylamine groups is 1. The van der Waals surface area contributed by atoms with E-state index in [2.05, 4.69) is 5.48 Å². The van der Waals surface area contributed by atoms with Crippen molar-refractivity contribution in [1.29, 1.82) is 0 Å². The molecule has 2 rings (SSSR count). The Hall–Kier alpha value is -1.65. The first-order chi connectivity index (χ1) is 7.04. The maximum absolute atomic E-state index is 12.0. The molecule has 0 amide bonds. The van der Waals surface area contributed by atoms with Crippen molar-refractivity contribution in [2.45, 2.75) is 12.6 Å². The maximum atomic E-state index is 12.0. The first kappa shape index (κ1) is 9.89. The highest BCUT2D eigenvalue weighted by Crippen LogP contribution is 2.26. The van der Waals surface area contributed by atoms with Crippen molar-refractivity contribution in [3.05, 3.63) is 41.6 Å². The number of hydrogen-bond acceptors (Lipinski definition) is 2. The van der Waals surface area contributed by atoms with E-state index in [4.69, 9.17) is 4.84 Å². The molecule has 2 nitrogen and oxygen atoms in total. The molecule has 0 aromatic heterocycles. The lowest BCUT2D eigenvalue weighted by Crippen LogP contribution is -2.26. The first-order valence-corrected chi connectivity index (χ1v) is 4.34. The van der Waals surface area contributed by atoms with Gasteiger partial charge in [-0.05, 0) is 6.07 Å². The molecule has 1 aliphatic heterocycles. The summed E-state index contributed by atoms with van der Waals surface area (Å²) in [7, 11) is 0. The maximum Gasteiger partial charge on any atom is 0.411 e. The van der Waals surface area contributed by atoms with E-state index in [0.717, 1.165) is 5.56 Å². The van der Waals surface area contributed by atoms with Crippen molar-refractivity contribution < 1.29 is 18.0 Å². The van der Waals surface area contributed by atoms with Gasteiger partial charge in [-0.15, -0.1) is 0 Å². The molecule has 0 atom stereocenters. The molecular formula is C10H8F3NO. The summed E-state index contributed by atoms with van der Waals surface area (Å²) in [4.78, 5) is 4.96. The largest absolute Gasteiger partial charge is 0.411 e. The van der Waals surface area contributed by atoms with Crippen molar-refractivity contribution in [1.82, 2.24) is 5.48 Å². The van der Waals surface area contributed by atoms with Gasteiger partial charge in [0.1, 0.15) is 0 Å². The third kappa shape index (κ3) is 2.43. The Labute approximate surface area is 84.3 Å². The molecule has 0 fully saturated rings. The van der Waals surface area contributed by atoms with Crippen LogP contribution in [-0.2, 0) is 6.42 Å². The Balaban J connectivity index is 2.23. The molecule has 1 N–H and O–H groups in total. The Morgan fingerprint density at radius 2 is 2.00 bits per heavy atom. The Kier molecular flexibility index (Phi) is 2.30. The van der Waals surface area contributed by atoms with Crippen molar-refractivity contribution in [2.75, 3.05) is 0 Å². The smallest absolute Gasteiger partial charge is 0.382 e. The summed E-state index contributed by atoms with van der Waals surface area (Å²) >= 11 is 0. The normalized spacial score (nSPS) is 17.9. The van der Waals surface area contributed by atoms with Crippen LogP contribution in [0.3, 0.4) is 0 Å². The van der Waals surface area contributed by atoms with Crippen molar-refractivity contribution in [3.8, 4) is 5.75 Å². The number of fused-ring (bicyclic) bond motifs is 1. The Morgan fingerprint density at radius 3 is 2.73 bits per heavy atom. The van der Waals surface area contributed by atoms with E-state index >= 15 is 0 Å². The van der Waals surface area contributed by atoms with Crippen LogP contribution in [-0.4, -0.2) is 6.18 Å². The van der Waals surface area contributed by atoms with Crippen LogP contribution in [0.2, 0.25) is 0 Å². The second kappa shape index (κ2) is 3.49. The zero-order valence-corrected chi connectivity index (χ0v) is 7.64. The zero-order chi connectivity index (χ0) is 10.9. The average molecular weight is 215 g/mol. The van der Waals surface area contributed by atoms with Crippen LogP contribution >= 0.6 is 0 Å². The predicted octanol–water partition coefficient (Wildman–Crippen LogP) is 2.57. The van der Waals surface area contributed by atoms with Crippen LogP contribution in [0.15, 0.2) is 36.0 Å². The number of nitrogens with one attached hydrogen (secondary N) is 1. The third-order valence-electron chi connectivity index (χ3n) is 1.98. The van der Waals surface area contributed by atoms with Gasteiger partial charge in [0, 0.05) is 18.1 Å². The molecular weight excluding hydrogens is 207 g/mol. The second-order valence-electron chi connectivity index (χ2n) is 3.20. The molecule has 0 aliphatic carbocycles. The van der Waals surface area contributed by atoms with E-state index in [-0.39, 0.29) is 18.2 Å². The van der Waals surface area contributed by atoms with Gasteiger partial charge >= 0.3 is 6.18 Å². The van der Waals surface area contributed by atoms with E-state index in [9.17, 15) is 13.2 Å². The van der Waals surface area contributed by atoms with Gasteiger partial charge in [-0.25, -0.2) is 5.48 Å². The summed E-state index contributed by atoms with van der Waals surface area (Å²) < 4.78 is 36.1. The van der Waals surface area contributed by atoms with Crippen molar-refractivity contribution >= 4 is 0 Å². The van der Waals surface area contributed by atoms with Crippen molar-refractivity contribution in [3.63, 3.8) is 0 Å². The fourth-order valence-corrected chi connectivity index (χ4v) is 1.39. The molecule has 0 spiro atoms. The molecule has 0 radical (unpaired) electrons. The van der Waals surface area contributed by atoms with E-state index in [0.29, 0.717) is 5.75 Å². The summed E-state index contributed by atoms with van der Waals surface area (Å²) in [6.45, 7) is 0. The number of para-hydroxylation sites is 1. The topological polar surface area (TPSA) is 21.3 Å². The Bertz CT molecular complexity index is 398. The van der Waals surface area contributed by atoms with Gasteiger partial charge in [-0.2, -0.15) is 13.2 Å². The minimum absolute atomic E-state index is 0.0150. The fourth-order valence-electron chi connectivity index (χ4n) is 1.39. The minimum Gasteiger partial charge on any atom is -0.382 e. The number of hydrogen-bond donors (Lipinski definition) is 1. The van der Waals surface area contributed by atoms with E-state index in [1.54, 1.807) is 24.3 Å². The number of benzene rings is 1. The molecule has 5 heteroatoms. The first-order valence-electron chi connectivity index (χ1n) is 4.34. The van der Waals surface area contributed by atoms with Gasteiger partial charge in [0.05, 0.1) is 5.70 Å². The molecule has 1 aromatic rings.